The van der Waals surface area contributed by atoms with Gasteiger partial charge in [0.2, 0.25) is 0 Å². The molecular formula is C15H17FN2OS. The lowest BCUT2D eigenvalue weighted by Gasteiger charge is -2.09. The molecule has 3 rings (SSSR count). The van der Waals surface area contributed by atoms with Crippen molar-refractivity contribution < 1.29 is 9.13 Å². The maximum Gasteiger partial charge on any atom is 0.123 e. The van der Waals surface area contributed by atoms with Crippen LogP contribution in [0.5, 0.6) is 0 Å². The van der Waals surface area contributed by atoms with Crippen molar-refractivity contribution in [2.45, 2.75) is 25.5 Å². The van der Waals surface area contributed by atoms with Crippen LogP contribution in [-0.2, 0) is 11.3 Å². The van der Waals surface area contributed by atoms with Crippen molar-refractivity contribution in [3.8, 4) is 10.6 Å². The molecule has 0 unspecified atom stereocenters. The Balaban J connectivity index is 1.55. The maximum absolute atomic E-state index is 12.9. The number of hydrogen-bond donors (Lipinski definition) is 1. The standard InChI is InChI=1S/C15H17FN2OS/c16-12-5-3-11(4-6-12)15-18-13(10-20-15)8-17-9-14-2-1-7-19-14/h3-6,10,14,17H,1-2,7-9H2/t14-/m0/s1. The monoisotopic (exact) mass is 292 g/mol. The van der Waals surface area contributed by atoms with Crippen molar-refractivity contribution in [3.63, 3.8) is 0 Å². The van der Waals surface area contributed by atoms with Crippen molar-refractivity contribution in [2.75, 3.05) is 13.2 Å². The van der Waals surface area contributed by atoms with E-state index in [9.17, 15) is 4.39 Å². The SMILES string of the molecule is Fc1ccc(-c2nc(CNC[C@@H]3CCCO3)cs2)cc1. The number of benzene rings is 1. The molecule has 1 N–H and O–H groups in total. The molecule has 2 aromatic rings. The number of hydrogen-bond acceptors (Lipinski definition) is 4. The van der Waals surface area contributed by atoms with Gasteiger partial charge in [-0.05, 0) is 37.1 Å². The normalized spacial score (nSPS) is 18.6. The average molecular weight is 292 g/mol. The van der Waals surface area contributed by atoms with E-state index in [0.717, 1.165) is 48.8 Å². The summed E-state index contributed by atoms with van der Waals surface area (Å²) in [4.78, 5) is 4.57. The molecule has 3 nitrogen and oxygen atoms in total. The molecule has 0 saturated carbocycles. The van der Waals surface area contributed by atoms with Gasteiger partial charge >= 0.3 is 0 Å². The molecule has 0 radical (unpaired) electrons. The van der Waals surface area contributed by atoms with Gasteiger partial charge in [0.15, 0.2) is 0 Å². The summed E-state index contributed by atoms with van der Waals surface area (Å²) in [5, 5.41) is 6.35. The van der Waals surface area contributed by atoms with Gasteiger partial charge in [-0.2, -0.15) is 0 Å². The topological polar surface area (TPSA) is 34.2 Å². The van der Waals surface area contributed by atoms with E-state index >= 15 is 0 Å². The minimum Gasteiger partial charge on any atom is -0.377 e. The van der Waals surface area contributed by atoms with Crippen molar-refractivity contribution in [2.24, 2.45) is 0 Å². The van der Waals surface area contributed by atoms with E-state index in [0.29, 0.717) is 6.10 Å². The third kappa shape index (κ3) is 3.42. The Morgan fingerprint density at radius 2 is 2.20 bits per heavy atom. The third-order valence-electron chi connectivity index (χ3n) is 3.35. The molecule has 20 heavy (non-hydrogen) atoms. The molecule has 1 aliphatic rings. The van der Waals surface area contributed by atoms with Gasteiger partial charge in [-0.1, -0.05) is 0 Å². The van der Waals surface area contributed by atoms with Gasteiger partial charge in [0, 0.05) is 30.6 Å². The van der Waals surface area contributed by atoms with Crippen molar-refractivity contribution >= 4 is 11.3 Å². The zero-order valence-corrected chi connectivity index (χ0v) is 12.0. The van der Waals surface area contributed by atoms with Gasteiger partial charge in [-0.15, -0.1) is 11.3 Å². The number of halogens is 1. The fourth-order valence-electron chi connectivity index (χ4n) is 2.28. The lowest BCUT2D eigenvalue weighted by atomic mass is 10.2. The molecule has 1 atom stereocenters. The van der Waals surface area contributed by atoms with E-state index in [-0.39, 0.29) is 5.82 Å². The molecule has 0 amide bonds. The van der Waals surface area contributed by atoms with Crippen LogP contribution in [0.1, 0.15) is 18.5 Å². The molecule has 1 aromatic heterocycles. The van der Waals surface area contributed by atoms with Crippen LogP contribution in [0.25, 0.3) is 10.6 Å². The lowest BCUT2D eigenvalue weighted by Crippen LogP contribution is -2.25. The van der Waals surface area contributed by atoms with Crippen LogP contribution in [0.2, 0.25) is 0 Å². The number of nitrogens with one attached hydrogen (secondary N) is 1. The number of ether oxygens (including phenoxy) is 1. The first kappa shape index (κ1) is 13.7. The van der Waals surface area contributed by atoms with Crippen LogP contribution in [0.4, 0.5) is 4.39 Å². The maximum atomic E-state index is 12.9. The van der Waals surface area contributed by atoms with Crippen LogP contribution < -0.4 is 5.32 Å². The smallest absolute Gasteiger partial charge is 0.123 e. The molecule has 1 fully saturated rings. The Morgan fingerprint density at radius 3 is 2.95 bits per heavy atom. The molecule has 0 spiro atoms. The second-order valence-corrected chi connectivity index (χ2v) is 5.77. The van der Waals surface area contributed by atoms with E-state index in [1.165, 1.54) is 12.1 Å². The Kier molecular flexibility index (Phi) is 4.40. The number of rotatable bonds is 5. The van der Waals surface area contributed by atoms with E-state index in [1.807, 2.05) is 5.38 Å². The molecule has 0 aliphatic carbocycles. The highest BCUT2D eigenvalue weighted by atomic mass is 32.1. The van der Waals surface area contributed by atoms with Crippen LogP contribution in [0.15, 0.2) is 29.6 Å². The molecule has 1 aromatic carbocycles. The summed E-state index contributed by atoms with van der Waals surface area (Å²) in [6.07, 6.45) is 2.66. The first-order valence-electron chi connectivity index (χ1n) is 6.84. The third-order valence-corrected chi connectivity index (χ3v) is 4.29. The Morgan fingerprint density at radius 1 is 1.35 bits per heavy atom. The number of nitrogens with zero attached hydrogens (tertiary/aromatic N) is 1. The fraction of sp³-hybridized carbons (Fsp3) is 0.400. The summed E-state index contributed by atoms with van der Waals surface area (Å²) in [5.41, 5.74) is 1.98. The first-order chi connectivity index (χ1) is 9.81. The molecule has 106 valence electrons. The minimum atomic E-state index is -0.219. The molecular weight excluding hydrogens is 275 g/mol. The second kappa shape index (κ2) is 6.43. The van der Waals surface area contributed by atoms with Crippen molar-refractivity contribution in [1.29, 1.82) is 0 Å². The van der Waals surface area contributed by atoms with E-state index in [1.54, 1.807) is 23.5 Å². The molecule has 1 aliphatic heterocycles. The zero-order chi connectivity index (χ0) is 13.8. The lowest BCUT2D eigenvalue weighted by molar-refractivity contribution is 0.110. The van der Waals surface area contributed by atoms with Crippen LogP contribution in [0, 0.1) is 5.82 Å². The van der Waals surface area contributed by atoms with Gasteiger partial charge in [-0.3, -0.25) is 0 Å². The first-order valence-corrected chi connectivity index (χ1v) is 7.72. The molecule has 5 heteroatoms. The Bertz CT molecular complexity index is 549. The Labute approximate surface area is 121 Å². The summed E-state index contributed by atoms with van der Waals surface area (Å²) in [7, 11) is 0. The molecule has 1 saturated heterocycles. The Hall–Kier alpha value is -1.30. The highest BCUT2D eigenvalue weighted by Crippen LogP contribution is 2.23. The van der Waals surface area contributed by atoms with Gasteiger partial charge < -0.3 is 10.1 Å². The second-order valence-electron chi connectivity index (χ2n) is 4.92. The minimum absolute atomic E-state index is 0.219. The quantitative estimate of drug-likeness (QED) is 0.919. The van der Waals surface area contributed by atoms with E-state index in [4.69, 9.17) is 4.74 Å². The summed E-state index contributed by atoms with van der Waals surface area (Å²) in [6, 6.07) is 6.45. The van der Waals surface area contributed by atoms with Gasteiger partial charge in [0.1, 0.15) is 10.8 Å². The van der Waals surface area contributed by atoms with Crippen molar-refractivity contribution in [3.05, 3.63) is 41.2 Å². The predicted molar refractivity (Wildman–Crippen MR) is 78.2 cm³/mol. The predicted octanol–water partition coefficient (Wildman–Crippen LogP) is 3.22. The van der Waals surface area contributed by atoms with E-state index < -0.39 is 0 Å². The highest BCUT2D eigenvalue weighted by Gasteiger charge is 2.14. The fourth-order valence-corrected chi connectivity index (χ4v) is 3.11. The highest BCUT2D eigenvalue weighted by molar-refractivity contribution is 7.13. The largest absolute Gasteiger partial charge is 0.377 e. The van der Waals surface area contributed by atoms with Gasteiger partial charge in [0.05, 0.1) is 11.8 Å². The van der Waals surface area contributed by atoms with E-state index in [2.05, 4.69) is 10.3 Å². The van der Waals surface area contributed by atoms with Crippen molar-refractivity contribution in [1.82, 2.24) is 10.3 Å². The number of aromatic nitrogens is 1. The molecule has 2 heterocycles. The zero-order valence-electron chi connectivity index (χ0n) is 11.1. The molecule has 0 bridgehead atoms. The average Bonchev–Trinajstić information content (AvgIpc) is 3.11. The number of thiazole rings is 1. The summed E-state index contributed by atoms with van der Waals surface area (Å²) >= 11 is 1.59. The summed E-state index contributed by atoms with van der Waals surface area (Å²) in [6.45, 7) is 2.51. The van der Waals surface area contributed by atoms with Gasteiger partial charge in [0.25, 0.3) is 0 Å². The summed E-state index contributed by atoms with van der Waals surface area (Å²) in [5.74, 6) is -0.219. The van der Waals surface area contributed by atoms with Gasteiger partial charge in [-0.25, -0.2) is 9.37 Å². The van der Waals surface area contributed by atoms with Crippen LogP contribution in [0.3, 0.4) is 0 Å². The van der Waals surface area contributed by atoms with Crippen LogP contribution in [-0.4, -0.2) is 24.2 Å². The van der Waals surface area contributed by atoms with Crippen LogP contribution >= 0.6 is 11.3 Å². The summed E-state index contributed by atoms with van der Waals surface area (Å²) < 4.78 is 18.4.